The molecule has 1 aliphatic rings. The highest BCUT2D eigenvalue weighted by Crippen LogP contribution is 2.28. The third kappa shape index (κ3) is 3.94. The zero-order chi connectivity index (χ0) is 18.8. The van der Waals surface area contributed by atoms with Gasteiger partial charge in [-0.1, -0.05) is 23.2 Å². The van der Waals surface area contributed by atoms with Crippen LogP contribution in [-0.4, -0.2) is 24.0 Å². The lowest BCUT2D eigenvalue weighted by Crippen LogP contribution is -2.17. The molecule has 0 spiro atoms. The first-order chi connectivity index (χ1) is 13.1. The number of rotatable bonds is 4. The lowest BCUT2D eigenvalue weighted by molar-refractivity contribution is 0.102. The van der Waals surface area contributed by atoms with Crippen LogP contribution in [0.2, 0.25) is 10.0 Å². The number of anilines is 2. The molecule has 4 rings (SSSR count). The molecule has 1 N–H and O–H groups in total. The lowest BCUT2D eigenvalue weighted by Gasteiger charge is -2.17. The van der Waals surface area contributed by atoms with Gasteiger partial charge in [0, 0.05) is 30.0 Å². The Morgan fingerprint density at radius 3 is 2.48 bits per heavy atom. The minimum Gasteiger partial charge on any atom is -0.444 e. The van der Waals surface area contributed by atoms with Gasteiger partial charge >= 0.3 is 0 Å². The summed E-state index contributed by atoms with van der Waals surface area (Å²) in [6, 6.07) is 12.9. The van der Waals surface area contributed by atoms with Crippen LogP contribution < -0.4 is 10.2 Å². The van der Waals surface area contributed by atoms with Crippen LogP contribution in [0, 0.1) is 0 Å². The summed E-state index contributed by atoms with van der Waals surface area (Å²) in [5, 5.41) is 3.68. The van der Waals surface area contributed by atoms with E-state index in [0.717, 1.165) is 13.1 Å². The molecule has 0 bridgehead atoms. The number of benzene rings is 2. The average Bonchev–Trinajstić information content (AvgIpc) is 3.36. The number of aromatic nitrogens is 1. The van der Waals surface area contributed by atoms with Gasteiger partial charge in [0.25, 0.3) is 5.91 Å². The molecule has 1 fully saturated rings. The molecular weight excluding hydrogens is 385 g/mol. The molecular formula is C20H17Cl2N3O2. The quantitative estimate of drug-likeness (QED) is 0.626. The molecule has 1 aromatic heterocycles. The molecule has 0 saturated carbocycles. The van der Waals surface area contributed by atoms with E-state index in [9.17, 15) is 4.79 Å². The molecule has 0 unspecified atom stereocenters. The minimum atomic E-state index is -0.334. The monoisotopic (exact) mass is 401 g/mol. The molecule has 7 heteroatoms. The van der Waals surface area contributed by atoms with E-state index in [0.29, 0.717) is 27.2 Å². The third-order valence-corrected chi connectivity index (χ3v) is 5.24. The normalized spacial score (nSPS) is 13.8. The molecule has 5 nitrogen and oxygen atoms in total. The fourth-order valence-corrected chi connectivity index (χ4v) is 3.36. The smallest absolute Gasteiger partial charge is 0.277 e. The maximum Gasteiger partial charge on any atom is 0.277 e. The summed E-state index contributed by atoms with van der Waals surface area (Å²) >= 11 is 11.9. The number of hydrogen-bond acceptors (Lipinski definition) is 4. The van der Waals surface area contributed by atoms with Gasteiger partial charge in [-0.2, -0.15) is 0 Å². The van der Waals surface area contributed by atoms with Crippen LogP contribution in [0.4, 0.5) is 11.4 Å². The number of oxazole rings is 1. The molecule has 27 heavy (non-hydrogen) atoms. The predicted molar refractivity (Wildman–Crippen MR) is 108 cm³/mol. The number of carbonyl (C=O) groups is 1. The van der Waals surface area contributed by atoms with E-state index in [1.165, 1.54) is 24.8 Å². The van der Waals surface area contributed by atoms with E-state index in [2.05, 4.69) is 15.2 Å². The molecule has 2 aromatic carbocycles. The number of hydrogen-bond donors (Lipinski definition) is 1. The van der Waals surface area contributed by atoms with E-state index in [1.807, 2.05) is 24.3 Å². The highest BCUT2D eigenvalue weighted by Gasteiger charge is 2.15. The Morgan fingerprint density at radius 2 is 1.78 bits per heavy atom. The molecule has 1 aliphatic heterocycles. The lowest BCUT2D eigenvalue weighted by atomic mass is 10.2. The second kappa shape index (κ2) is 7.62. The number of nitrogens with zero attached hydrogens (tertiary/aromatic N) is 2. The Kier molecular flexibility index (Phi) is 5.05. The van der Waals surface area contributed by atoms with Crippen molar-refractivity contribution < 1.29 is 9.21 Å². The van der Waals surface area contributed by atoms with Crippen LogP contribution in [0.25, 0.3) is 11.5 Å². The van der Waals surface area contributed by atoms with Gasteiger partial charge in [0.05, 0.1) is 10.0 Å². The Balaban J connectivity index is 1.45. The second-order valence-electron chi connectivity index (χ2n) is 6.36. The fraction of sp³-hybridized carbons (Fsp3) is 0.200. The maximum atomic E-state index is 12.4. The highest BCUT2D eigenvalue weighted by molar-refractivity contribution is 6.42. The molecule has 1 amide bonds. The van der Waals surface area contributed by atoms with Gasteiger partial charge in [-0.15, -0.1) is 0 Å². The Morgan fingerprint density at radius 1 is 1.04 bits per heavy atom. The van der Waals surface area contributed by atoms with Gasteiger partial charge < -0.3 is 14.6 Å². The summed E-state index contributed by atoms with van der Waals surface area (Å²) in [6.07, 6.45) is 3.78. The molecule has 138 valence electrons. The van der Waals surface area contributed by atoms with Crippen molar-refractivity contribution in [2.24, 2.45) is 0 Å². The molecule has 0 atom stereocenters. The molecule has 0 radical (unpaired) electrons. The Hall–Kier alpha value is -2.50. The van der Waals surface area contributed by atoms with E-state index >= 15 is 0 Å². The van der Waals surface area contributed by atoms with Gasteiger partial charge in [-0.3, -0.25) is 4.79 Å². The average molecular weight is 402 g/mol. The summed E-state index contributed by atoms with van der Waals surface area (Å²) in [7, 11) is 0. The van der Waals surface area contributed by atoms with Crippen LogP contribution in [0.3, 0.4) is 0 Å². The molecule has 0 aliphatic carbocycles. The van der Waals surface area contributed by atoms with Gasteiger partial charge in [-0.05, 0) is 55.3 Å². The van der Waals surface area contributed by atoms with Gasteiger partial charge in [0.1, 0.15) is 6.26 Å². The number of carbonyl (C=O) groups excluding carboxylic acids is 1. The van der Waals surface area contributed by atoms with E-state index in [4.69, 9.17) is 27.6 Å². The van der Waals surface area contributed by atoms with Crippen molar-refractivity contribution in [1.82, 2.24) is 4.98 Å². The van der Waals surface area contributed by atoms with Crippen molar-refractivity contribution in [2.75, 3.05) is 23.3 Å². The van der Waals surface area contributed by atoms with Gasteiger partial charge in [0.15, 0.2) is 5.69 Å². The summed E-state index contributed by atoms with van der Waals surface area (Å²) in [5.41, 5.74) is 2.73. The number of nitrogens with one attached hydrogen (secondary N) is 1. The van der Waals surface area contributed by atoms with Crippen molar-refractivity contribution in [2.45, 2.75) is 12.8 Å². The predicted octanol–water partition coefficient (Wildman–Crippen LogP) is 5.50. The second-order valence-corrected chi connectivity index (χ2v) is 7.18. The van der Waals surface area contributed by atoms with Crippen LogP contribution in [0.5, 0.6) is 0 Å². The summed E-state index contributed by atoms with van der Waals surface area (Å²) in [6.45, 7) is 2.17. The Labute approximate surface area is 166 Å². The zero-order valence-electron chi connectivity index (χ0n) is 14.4. The summed E-state index contributed by atoms with van der Waals surface area (Å²) in [4.78, 5) is 19.0. The van der Waals surface area contributed by atoms with E-state index in [1.54, 1.807) is 18.2 Å². The first-order valence-electron chi connectivity index (χ1n) is 8.67. The summed E-state index contributed by atoms with van der Waals surface area (Å²) < 4.78 is 5.41. The van der Waals surface area contributed by atoms with Gasteiger partial charge in [0.2, 0.25) is 5.89 Å². The zero-order valence-corrected chi connectivity index (χ0v) is 15.9. The SMILES string of the molecule is O=C(Nc1ccc(N2CCCC2)cc1)c1coc(-c2ccc(Cl)c(Cl)c2)n1. The van der Waals surface area contributed by atoms with Crippen molar-refractivity contribution in [3.05, 3.63) is 64.5 Å². The topological polar surface area (TPSA) is 58.4 Å². The van der Waals surface area contributed by atoms with Gasteiger partial charge in [-0.25, -0.2) is 4.98 Å². The van der Waals surface area contributed by atoms with Crippen molar-refractivity contribution in [1.29, 1.82) is 0 Å². The van der Waals surface area contributed by atoms with E-state index in [-0.39, 0.29) is 11.6 Å². The van der Waals surface area contributed by atoms with Crippen LogP contribution in [-0.2, 0) is 0 Å². The first-order valence-corrected chi connectivity index (χ1v) is 9.43. The van der Waals surface area contributed by atoms with Crippen molar-refractivity contribution in [3.63, 3.8) is 0 Å². The summed E-state index contributed by atoms with van der Waals surface area (Å²) in [5.74, 6) is -0.0259. The van der Waals surface area contributed by atoms with Crippen molar-refractivity contribution in [3.8, 4) is 11.5 Å². The largest absolute Gasteiger partial charge is 0.444 e. The van der Waals surface area contributed by atoms with E-state index < -0.39 is 0 Å². The Bertz CT molecular complexity index is 964. The third-order valence-electron chi connectivity index (χ3n) is 4.50. The van der Waals surface area contributed by atoms with Crippen LogP contribution >= 0.6 is 23.2 Å². The minimum absolute atomic E-state index is 0.194. The number of amides is 1. The highest BCUT2D eigenvalue weighted by atomic mass is 35.5. The van der Waals surface area contributed by atoms with Crippen LogP contribution in [0.15, 0.2) is 53.1 Å². The molecule has 1 saturated heterocycles. The maximum absolute atomic E-state index is 12.4. The molecule has 3 aromatic rings. The first kappa shape index (κ1) is 17.9. The van der Waals surface area contributed by atoms with Crippen LogP contribution in [0.1, 0.15) is 23.3 Å². The standard InChI is InChI=1S/C20H17Cl2N3O2/c21-16-8-3-13(11-17(16)22)20-24-18(12-27-20)19(26)23-14-4-6-15(7-5-14)25-9-1-2-10-25/h3-8,11-12H,1-2,9-10H2,(H,23,26). The van der Waals surface area contributed by atoms with Crippen molar-refractivity contribution >= 4 is 40.5 Å². The molecule has 2 heterocycles. The fourth-order valence-electron chi connectivity index (χ4n) is 3.07. The number of halogens is 2.